The Bertz CT molecular complexity index is 482. The summed E-state index contributed by atoms with van der Waals surface area (Å²) in [6, 6.07) is 9.46. The van der Waals surface area contributed by atoms with E-state index in [0.717, 1.165) is 17.8 Å². The van der Waals surface area contributed by atoms with Crippen molar-refractivity contribution in [2.24, 2.45) is 0 Å². The molecule has 0 spiro atoms. The molecule has 5 heteroatoms. The number of hydrogen-bond donors (Lipinski definition) is 1. The Morgan fingerprint density at radius 2 is 1.94 bits per heavy atom. The molecule has 0 unspecified atom stereocenters. The predicted molar refractivity (Wildman–Crippen MR) is 70.2 cm³/mol. The van der Waals surface area contributed by atoms with E-state index in [4.69, 9.17) is 21.4 Å². The summed E-state index contributed by atoms with van der Waals surface area (Å²) in [4.78, 5) is 0. The second kappa shape index (κ2) is 6.54. The van der Waals surface area contributed by atoms with Crippen molar-refractivity contribution in [1.82, 2.24) is 9.78 Å². The standard InChI is InChI=1S/C13H15ClN2O2/c14-11-1-3-13(4-2-11)16-7-5-12(15-16)6-9-18-10-8-17/h1-5,7,17H,6,8-10H2. The van der Waals surface area contributed by atoms with Crippen LogP contribution >= 0.6 is 11.6 Å². The molecule has 0 bridgehead atoms. The van der Waals surface area contributed by atoms with Crippen LogP contribution < -0.4 is 0 Å². The highest BCUT2D eigenvalue weighted by atomic mass is 35.5. The van der Waals surface area contributed by atoms with E-state index in [0.29, 0.717) is 18.2 Å². The van der Waals surface area contributed by atoms with E-state index in [1.165, 1.54) is 0 Å². The van der Waals surface area contributed by atoms with Gasteiger partial charge in [-0.15, -0.1) is 0 Å². The fourth-order valence-corrected chi connectivity index (χ4v) is 1.70. The van der Waals surface area contributed by atoms with Gasteiger partial charge in [0.05, 0.1) is 31.2 Å². The first-order chi connectivity index (χ1) is 8.79. The molecule has 0 atom stereocenters. The van der Waals surface area contributed by atoms with Crippen LogP contribution in [0.3, 0.4) is 0 Å². The fourth-order valence-electron chi connectivity index (χ4n) is 1.58. The van der Waals surface area contributed by atoms with Crippen molar-refractivity contribution in [2.75, 3.05) is 19.8 Å². The minimum atomic E-state index is 0.0548. The zero-order chi connectivity index (χ0) is 12.8. The quantitative estimate of drug-likeness (QED) is 0.815. The largest absolute Gasteiger partial charge is 0.394 e. The van der Waals surface area contributed by atoms with Crippen LogP contribution in [0.15, 0.2) is 36.5 Å². The summed E-state index contributed by atoms with van der Waals surface area (Å²) < 4.78 is 7.00. The zero-order valence-electron chi connectivity index (χ0n) is 9.92. The molecule has 0 aliphatic heterocycles. The van der Waals surface area contributed by atoms with Gasteiger partial charge in [0.1, 0.15) is 0 Å². The Balaban J connectivity index is 1.95. The van der Waals surface area contributed by atoms with E-state index in [9.17, 15) is 0 Å². The van der Waals surface area contributed by atoms with Crippen molar-refractivity contribution in [2.45, 2.75) is 6.42 Å². The first-order valence-corrected chi connectivity index (χ1v) is 6.16. The third-order valence-electron chi connectivity index (χ3n) is 2.47. The maximum absolute atomic E-state index is 8.58. The van der Waals surface area contributed by atoms with Gasteiger partial charge in [0.2, 0.25) is 0 Å². The van der Waals surface area contributed by atoms with Crippen LogP contribution in [-0.2, 0) is 11.2 Å². The van der Waals surface area contributed by atoms with E-state index in [2.05, 4.69) is 5.10 Å². The summed E-state index contributed by atoms with van der Waals surface area (Å²) in [6.45, 7) is 0.995. The smallest absolute Gasteiger partial charge is 0.0697 e. The van der Waals surface area contributed by atoms with Crippen molar-refractivity contribution >= 4 is 11.6 Å². The number of aliphatic hydroxyl groups is 1. The second-order valence-corrected chi connectivity index (χ2v) is 4.25. The monoisotopic (exact) mass is 266 g/mol. The molecule has 1 N–H and O–H groups in total. The van der Waals surface area contributed by atoms with E-state index in [-0.39, 0.29) is 6.61 Å². The lowest BCUT2D eigenvalue weighted by Gasteiger charge is -2.01. The summed E-state index contributed by atoms with van der Waals surface area (Å²) in [5.41, 5.74) is 1.94. The first kappa shape index (κ1) is 13.1. The van der Waals surface area contributed by atoms with Gasteiger partial charge in [-0.3, -0.25) is 0 Å². The fraction of sp³-hybridized carbons (Fsp3) is 0.308. The molecule has 0 saturated heterocycles. The lowest BCUT2D eigenvalue weighted by atomic mass is 10.3. The molecule has 4 nitrogen and oxygen atoms in total. The van der Waals surface area contributed by atoms with Crippen LogP contribution in [0.5, 0.6) is 0 Å². The van der Waals surface area contributed by atoms with E-state index in [1.807, 2.05) is 36.5 Å². The number of halogens is 1. The second-order valence-electron chi connectivity index (χ2n) is 3.81. The summed E-state index contributed by atoms with van der Waals surface area (Å²) in [7, 11) is 0. The molecule has 1 aromatic carbocycles. The molecule has 0 saturated carbocycles. The Morgan fingerprint density at radius 3 is 2.67 bits per heavy atom. The number of nitrogens with zero attached hydrogens (tertiary/aromatic N) is 2. The SMILES string of the molecule is OCCOCCc1ccn(-c2ccc(Cl)cc2)n1. The normalized spacial score (nSPS) is 10.8. The molecule has 0 aliphatic rings. The van der Waals surface area contributed by atoms with Gasteiger partial charge >= 0.3 is 0 Å². The minimum Gasteiger partial charge on any atom is -0.394 e. The Morgan fingerprint density at radius 1 is 1.17 bits per heavy atom. The highest BCUT2D eigenvalue weighted by Gasteiger charge is 2.01. The molecule has 0 aliphatic carbocycles. The summed E-state index contributed by atoms with van der Waals surface area (Å²) >= 11 is 5.84. The summed E-state index contributed by atoms with van der Waals surface area (Å²) in [5, 5.41) is 13.7. The molecule has 0 amide bonds. The molecular formula is C13H15ClN2O2. The summed E-state index contributed by atoms with van der Waals surface area (Å²) in [6.07, 6.45) is 2.64. The first-order valence-electron chi connectivity index (χ1n) is 5.78. The third kappa shape index (κ3) is 3.57. The van der Waals surface area contributed by atoms with Crippen molar-refractivity contribution in [1.29, 1.82) is 0 Å². The topological polar surface area (TPSA) is 47.3 Å². The van der Waals surface area contributed by atoms with Gasteiger partial charge in [-0.25, -0.2) is 4.68 Å². The minimum absolute atomic E-state index is 0.0548. The molecule has 18 heavy (non-hydrogen) atoms. The summed E-state index contributed by atoms with van der Waals surface area (Å²) in [5.74, 6) is 0. The highest BCUT2D eigenvalue weighted by molar-refractivity contribution is 6.30. The molecule has 0 radical (unpaired) electrons. The number of rotatable bonds is 6. The molecule has 1 aromatic heterocycles. The van der Waals surface area contributed by atoms with E-state index >= 15 is 0 Å². The maximum Gasteiger partial charge on any atom is 0.0697 e. The Kier molecular flexibility index (Phi) is 4.75. The van der Waals surface area contributed by atoms with Crippen molar-refractivity contribution in [3.05, 3.63) is 47.2 Å². The van der Waals surface area contributed by atoms with Crippen molar-refractivity contribution in [3.8, 4) is 5.69 Å². The lowest BCUT2D eigenvalue weighted by molar-refractivity contribution is 0.0940. The lowest BCUT2D eigenvalue weighted by Crippen LogP contribution is -2.04. The van der Waals surface area contributed by atoms with Crippen LogP contribution in [0.1, 0.15) is 5.69 Å². The highest BCUT2D eigenvalue weighted by Crippen LogP contribution is 2.13. The number of ether oxygens (including phenoxy) is 1. The van der Waals surface area contributed by atoms with Gasteiger partial charge in [0.25, 0.3) is 0 Å². The molecule has 0 fully saturated rings. The molecule has 1 heterocycles. The average molecular weight is 267 g/mol. The Labute approximate surface area is 111 Å². The van der Waals surface area contributed by atoms with Gasteiger partial charge in [0.15, 0.2) is 0 Å². The third-order valence-corrected chi connectivity index (χ3v) is 2.73. The number of benzene rings is 1. The van der Waals surface area contributed by atoms with Gasteiger partial charge < -0.3 is 9.84 Å². The van der Waals surface area contributed by atoms with Gasteiger partial charge in [0, 0.05) is 17.6 Å². The van der Waals surface area contributed by atoms with Crippen LogP contribution in [0.4, 0.5) is 0 Å². The van der Waals surface area contributed by atoms with Crippen LogP contribution in [0, 0.1) is 0 Å². The average Bonchev–Trinajstić information content (AvgIpc) is 2.84. The van der Waals surface area contributed by atoms with Gasteiger partial charge in [-0.2, -0.15) is 5.10 Å². The van der Waals surface area contributed by atoms with Crippen LogP contribution in [0.25, 0.3) is 5.69 Å². The van der Waals surface area contributed by atoms with E-state index in [1.54, 1.807) is 4.68 Å². The molecule has 2 aromatic rings. The maximum atomic E-state index is 8.58. The van der Waals surface area contributed by atoms with E-state index < -0.39 is 0 Å². The molecule has 96 valence electrons. The van der Waals surface area contributed by atoms with Crippen molar-refractivity contribution in [3.63, 3.8) is 0 Å². The van der Waals surface area contributed by atoms with Crippen molar-refractivity contribution < 1.29 is 9.84 Å². The van der Waals surface area contributed by atoms with Gasteiger partial charge in [-0.05, 0) is 30.3 Å². The predicted octanol–water partition coefficient (Wildman–Crippen LogP) is 2.08. The number of aliphatic hydroxyl groups excluding tert-OH is 1. The number of hydrogen-bond acceptors (Lipinski definition) is 3. The van der Waals surface area contributed by atoms with Gasteiger partial charge in [-0.1, -0.05) is 11.6 Å². The van der Waals surface area contributed by atoms with Crippen LogP contribution in [-0.4, -0.2) is 34.7 Å². The Hall–Kier alpha value is -1.36. The molecule has 2 rings (SSSR count). The van der Waals surface area contributed by atoms with Crippen LogP contribution in [0.2, 0.25) is 5.02 Å². The zero-order valence-corrected chi connectivity index (χ0v) is 10.7. The molecular weight excluding hydrogens is 252 g/mol. The number of aromatic nitrogens is 2.